The predicted octanol–water partition coefficient (Wildman–Crippen LogP) is 6.81. The molecule has 1 N–H and O–H groups in total. The van der Waals surface area contributed by atoms with Crippen LogP contribution >= 0.6 is 11.8 Å². The minimum atomic E-state index is -0.159. The molecule has 5 aromatic rings. The van der Waals surface area contributed by atoms with Crippen LogP contribution in [0.4, 0.5) is 0 Å². The molecule has 5 aromatic carbocycles. The molecule has 0 atom stereocenters. The lowest BCUT2D eigenvalue weighted by atomic mass is 10.1. The molecule has 0 saturated carbocycles. The Morgan fingerprint density at radius 2 is 1.43 bits per heavy atom. The molecule has 0 aliphatic rings. The average molecular weight is 477 g/mol. The van der Waals surface area contributed by atoms with Gasteiger partial charge in [0.05, 0.1) is 12.0 Å². The summed E-state index contributed by atoms with van der Waals surface area (Å²) in [6.07, 6.45) is 1.62. The van der Waals surface area contributed by atoms with Gasteiger partial charge in [-0.1, -0.05) is 91.0 Å². The number of nitrogens with zero attached hydrogens (tertiary/aromatic N) is 1. The van der Waals surface area contributed by atoms with Crippen LogP contribution in [-0.2, 0) is 11.4 Å². The Labute approximate surface area is 208 Å². The monoisotopic (exact) mass is 476 g/mol. The van der Waals surface area contributed by atoms with Crippen molar-refractivity contribution in [1.82, 2.24) is 5.43 Å². The molecule has 5 rings (SSSR count). The van der Waals surface area contributed by atoms with E-state index in [0.717, 1.165) is 26.8 Å². The average Bonchev–Trinajstić information content (AvgIpc) is 2.91. The summed E-state index contributed by atoms with van der Waals surface area (Å²) in [5, 5.41) is 8.84. The van der Waals surface area contributed by atoms with Gasteiger partial charge in [-0.25, -0.2) is 5.43 Å². The van der Waals surface area contributed by atoms with E-state index in [2.05, 4.69) is 53.0 Å². The third-order valence-corrected chi connectivity index (χ3v) is 6.76. The minimum absolute atomic E-state index is 0.159. The third-order valence-electron chi connectivity index (χ3n) is 5.68. The van der Waals surface area contributed by atoms with E-state index in [-0.39, 0.29) is 11.7 Å². The van der Waals surface area contributed by atoms with E-state index < -0.39 is 0 Å². The normalized spacial score (nSPS) is 11.2. The predicted molar refractivity (Wildman–Crippen MR) is 145 cm³/mol. The van der Waals surface area contributed by atoms with Crippen molar-refractivity contribution in [2.75, 3.05) is 5.75 Å². The van der Waals surface area contributed by atoms with E-state index in [4.69, 9.17) is 4.74 Å². The van der Waals surface area contributed by atoms with Crippen LogP contribution in [0.25, 0.3) is 21.5 Å². The number of para-hydroxylation sites is 1. The molecule has 0 aromatic heterocycles. The first-order valence-corrected chi connectivity index (χ1v) is 12.4. The Bertz CT molecular complexity index is 1500. The van der Waals surface area contributed by atoms with Crippen molar-refractivity contribution in [3.63, 3.8) is 0 Å². The molecule has 0 unspecified atom stereocenters. The number of ether oxygens (including phenoxy) is 1. The highest BCUT2D eigenvalue weighted by molar-refractivity contribution is 8.00. The van der Waals surface area contributed by atoms with Crippen LogP contribution in [0.1, 0.15) is 11.1 Å². The Morgan fingerprint density at radius 1 is 0.771 bits per heavy atom. The zero-order valence-electron chi connectivity index (χ0n) is 19.1. The van der Waals surface area contributed by atoms with Crippen molar-refractivity contribution in [3.8, 4) is 5.75 Å². The summed E-state index contributed by atoms with van der Waals surface area (Å²) < 4.78 is 6.13. The van der Waals surface area contributed by atoms with Gasteiger partial charge in [-0.05, 0) is 45.3 Å². The first-order chi connectivity index (χ1) is 17.3. The highest BCUT2D eigenvalue weighted by atomic mass is 32.2. The molecule has 4 nitrogen and oxygen atoms in total. The molecule has 5 heteroatoms. The first-order valence-electron chi connectivity index (χ1n) is 11.4. The standard InChI is InChI=1S/C30H24N2O2S/c33-30(21-35-29-18-8-13-23-10-2-5-16-27(23)29)32-31-19-24-11-3-6-17-28(24)34-20-25-14-7-12-22-9-1-4-15-26(22)25/h1-19H,20-21H2,(H,32,33). The molecule has 0 aliphatic carbocycles. The summed E-state index contributed by atoms with van der Waals surface area (Å²) in [7, 11) is 0. The van der Waals surface area contributed by atoms with Crippen LogP contribution in [-0.4, -0.2) is 17.9 Å². The quantitative estimate of drug-likeness (QED) is 0.152. The maximum atomic E-state index is 12.4. The lowest BCUT2D eigenvalue weighted by molar-refractivity contribution is -0.118. The van der Waals surface area contributed by atoms with Crippen molar-refractivity contribution in [3.05, 3.63) is 120 Å². The Hall–Kier alpha value is -4.09. The topological polar surface area (TPSA) is 50.7 Å². The summed E-state index contributed by atoms with van der Waals surface area (Å²) in [5.41, 5.74) is 4.55. The van der Waals surface area contributed by atoms with Gasteiger partial charge in [0.1, 0.15) is 12.4 Å². The number of rotatable bonds is 8. The molecule has 0 saturated heterocycles. The number of amides is 1. The van der Waals surface area contributed by atoms with Crippen molar-refractivity contribution in [2.24, 2.45) is 5.10 Å². The van der Waals surface area contributed by atoms with Gasteiger partial charge < -0.3 is 4.74 Å². The highest BCUT2D eigenvalue weighted by Crippen LogP contribution is 2.27. The highest BCUT2D eigenvalue weighted by Gasteiger charge is 2.07. The van der Waals surface area contributed by atoms with Crippen molar-refractivity contribution < 1.29 is 9.53 Å². The molecule has 0 aliphatic heterocycles. The minimum Gasteiger partial charge on any atom is -0.488 e. The summed E-state index contributed by atoms with van der Waals surface area (Å²) in [6, 6.07) is 36.4. The number of carbonyl (C=O) groups excluding carboxylic acids is 1. The van der Waals surface area contributed by atoms with Crippen LogP contribution in [0, 0.1) is 0 Å². The molecule has 0 fully saturated rings. The van der Waals surface area contributed by atoms with E-state index >= 15 is 0 Å². The molecule has 0 bridgehead atoms. The molecule has 1 amide bonds. The number of fused-ring (bicyclic) bond motifs is 2. The molecule has 0 spiro atoms. The van der Waals surface area contributed by atoms with Gasteiger partial charge >= 0.3 is 0 Å². The summed E-state index contributed by atoms with van der Waals surface area (Å²) in [4.78, 5) is 13.5. The lowest BCUT2D eigenvalue weighted by Gasteiger charge is -2.11. The Morgan fingerprint density at radius 3 is 2.29 bits per heavy atom. The van der Waals surface area contributed by atoms with E-state index in [1.807, 2.05) is 66.7 Å². The van der Waals surface area contributed by atoms with Gasteiger partial charge in [-0.3, -0.25) is 4.79 Å². The van der Waals surface area contributed by atoms with Crippen molar-refractivity contribution in [1.29, 1.82) is 0 Å². The second kappa shape index (κ2) is 10.9. The molecule has 0 radical (unpaired) electrons. The fourth-order valence-corrected chi connectivity index (χ4v) is 4.83. The number of hydrogen-bond acceptors (Lipinski definition) is 4. The largest absolute Gasteiger partial charge is 0.488 e. The van der Waals surface area contributed by atoms with Crippen LogP contribution < -0.4 is 10.2 Å². The lowest BCUT2D eigenvalue weighted by Crippen LogP contribution is -2.19. The summed E-state index contributed by atoms with van der Waals surface area (Å²) in [5.74, 6) is 0.835. The third kappa shape index (κ3) is 5.53. The Kier molecular flexibility index (Phi) is 7.06. The second-order valence-corrected chi connectivity index (χ2v) is 9.04. The molecule has 0 heterocycles. The maximum absolute atomic E-state index is 12.4. The number of thioether (sulfide) groups is 1. The molecular formula is C30H24N2O2S. The first kappa shape index (κ1) is 22.7. The van der Waals surface area contributed by atoms with Gasteiger partial charge in [-0.2, -0.15) is 5.10 Å². The zero-order valence-corrected chi connectivity index (χ0v) is 19.9. The number of carbonyl (C=O) groups is 1. The van der Waals surface area contributed by atoms with E-state index in [0.29, 0.717) is 12.4 Å². The summed E-state index contributed by atoms with van der Waals surface area (Å²) >= 11 is 1.50. The maximum Gasteiger partial charge on any atom is 0.250 e. The van der Waals surface area contributed by atoms with Crippen LogP contribution in [0.3, 0.4) is 0 Å². The van der Waals surface area contributed by atoms with Gasteiger partial charge in [0.25, 0.3) is 0 Å². The van der Waals surface area contributed by atoms with Crippen molar-refractivity contribution >= 4 is 45.4 Å². The van der Waals surface area contributed by atoms with Crippen LogP contribution in [0.5, 0.6) is 5.75 Å². The smallest absolute Gasteiger partial charge is 0.250 e. The molecule has 172 valence electrons. The molecular weight excluding hydrogens is 452 g/mol. The summed E-state index contributed by atoms with van der Waals surface area (Å²) in [6.45, 7) is 0.445. The van der Waals surface area contributed by atoms with Crippen molar-refractivity contribution in [2.45, 2.75) is 11.5 Å². The van der Waals surface area contributed by atoms with Gasteiger partial charge in [0.15, 0.2) is 0 Å². The van der Waals surface area contributed by atoms with E-state index in [9.17, 15) is 4.79 Å². The van der Waals surface area contributed by atoms with E-state index in [1.165, 1.54) is 22.5 Å². The number of benzene rings is 5. The second-order valence-electron chi connectivity index (χ2n) is 8.02. The number of hydrazone groups is 1. The number of hydrogen-bond donors (Lipinski definition) is 1. The zero-order chi connectivity index (χ0) is 23.9. The van der Waals surface area contributed by atoms with E-state index in [1.54, 1.807) is 6.21 Å². The SMILES string of the molecule is O=C(CSc1cccc2ccccc12)NN=Cc1ccccc1OCc1cccc2ccccc12. The Balaban J connectivity index is 1.20. The van der Waals surface area contributed by atoms with Gasteiger partial charge in [0.2, 0.25) is 5.91 Å². The van der Waals surface area contributed by atoms with Crippen LogP contribution in [0.2, 0.25) is 0 Å². The molecule has 35 heavy (non-hydrogen) atoms. The van der Waals surface area contributed by atoms with Gasteiger partial charge in [0, 0.05) is 10.5 Å². The fraction of sp³-hybridized carbons (Fsp3) is 0.0667. The fourth-order valence-electron chi connectivity index (χ4n) is 3.96. The number of nitrogens with one attached hydrogen (secondary N) is 1. The van der Waals surface area contributed by atoms with Crippen LogP contribution in [0.15, 0.2) is 119 Å². The van der Waals surface area contributed by atoms with Gasteiger partial charge in [-0.15, -0.1) is 11.8 Å².